The van der Waals surface area contributed by atoms with Gasteiger partial charge in [-0.25, -0.2) is 9.97 Å². The molecule has 1 aromatic carbocycles. The van der Waals surface area contributed by atoms with Crippen molar-refractivity contribution in [1.29, 1.82) is 0 Å². The number of anilines is 1. The number of aliphatic hydroxyl groups excluding tert-OH is 4. The molecule has 10 heteroatoms. The molecule has 0 unspecified atom stereocenters. The van der Waals surface area contributed by atoms with Gasteiger partial charge in [-0.15, -0.1) is 5.11 Å². The molecule has 1 aliphatic carbocycles. The Morgan fingerprint density at radius 2 is 1.82 bits per heavy atom. The molecule has 5 N–H and O–H groups in total. The van der Waals surface area contributed by atoms with E-state index in [0.717, 1.165) is 5.56 Å². The minimum absolute atomic E-state index is 0.0620. The van der Waals surface area contributed by atoms with Gasteiger partial charge in [-0.3, -0.25) is 0 Å². The highest BCUT2D eigenvalue weighted by atomic mass is 35.5. The maximum absolute atomic E-state index is 10.2. The number of azo groups is 1. The van der Waals surface area contributed by atoms with E-state index in [-0.39, 0.29) is 29.9 Å². The number of benzene rings is 1. The van der Waals surface area contributed by atoms with Gasteiger partial charge >= 0.3 is 0 Å². The van der Waals surface area contributed by atoms with Crippen LogP contribution in [0.3, 0.4) is 0 Å². The number of nitrogens with zero attached hydrogens (tertiary/aromatic N) is 4. The van der Waals surface area contributed by atoms with Crippen molar-refractivity contribution >= 4 is 28.8 Å². The van der Waals surface area contributed by atoms with Gasteiger partial charge in [0.05, 0.1) is 24.4 Å². The molecule has 1 saturated carbocycles. The van der Waals surface area contributed by atoms with Crippen molar-refractivity contribution in [2.75, 3.05) is 11.9 Å². The molecular formula is C18H22ClN5O4. The monoisotopic (exact) mass is 407 g/mol. The zero-order valence-electron chi connectivity index (χ0n) is 15.2. The molecule has 2 aromatic rings. The first-order valence-corrected chi connectivity index (χ1v) is 9.20. The standard InChI is InChI=1S/C18H22ClN5O4/c1-9-20-17(19)14(24-23-12-4-2-10(7-25)3-5-12)18(21-9)22-13-6-11(8-26)15(27)16(13)28/h2-5,11,13,15-16,25-28H,6-8H2,1H3,(H,20,21,22)/t11-,13-,15-,16+/m1/s1. The summed E-state index contributed by atoms with van der Waals surface area (Å²) in [4.78, 5) is 8.39. The lowest BCUT2D eigenvalue weighted by atomic mass is 10.1. The first-order chi connectivity index (χ1) is 13.4. The van der Waals surface area contributed by atoms with Crippen LogP contribution in [0.4, 0.5) is 17.2 Å². The number of hydrogen-bond donors (Lipinski definition) is 5. The summed E-state index contributed by atoms with van der Waals surface area (Å²) in [7, 11) is 0. The van der Waals surface area contributed by atoms with Gasteiger partial charge in [-0.05, 0) is 31.0 Å². The third kappa shape index (κ3) is 4.45. The Morgan fingerprint density at radius 1 is 1.11 bits per heavy atom. The molecule has 0 aliphatic heterocycles. The lowest BCUT2D eigenvalue weighted by Gasteiger charge is -2.19. The first kappa shape index (κ1) is 20.6. The SMILES string of the molecule is Cc1nc(Cl)c(N=Nc2ccc(CO)cc2)c(N[C@@H]2C[C@H](CO)[C@@H](O)[C@H]2O)n1. The fraction of sp³-hybridized carbons (Fsp3) is 0.444. The van der Waals surface area contributed by atoms with Crippen molar-refractivity contribution in [2.45, 2.75) is 38.2 Å². The quantitative estimate of drug-likeness (QED) is 0.363. The van der Waals surface area contributed by atoms with Gasteiger partial charge in [0.2, 0.25) is 0 Å². The van der Waals surface area contributed by atoms with E-state index in [4.69, 9.17) is 16.7 Å². The molecule has 9 nitrogen and oxygen atoms in total. The van der Waals surface area contributed by atoms with Crippen molar-refractivity contribution in [3.8, 4) is 0 Å². The van der Waals surface area contributed by atoms with Crippen molar-refractivity contribution in [2.24, 2.45) is 16.1 Å². The van der Waals surface area contributed by atoms with E-state index in [2.05, 4.69) is 25.5 Å². The second-order valence-corrected chi connectivity index (χ2v) is 7.05. The van der Waals surface area contributed by atoms with E-state index < -0.39 is 24.2 Å². The van der Waals surface area contributed by atoms with Crippen molar-refractivity contribution in [3.63, 3.8) is 0 Å². The van der Waals surface area contributed by atoms with E-state index in [0.29, 0.717) is 17.9 Å². The number of halogens is 1. The van der Waals surface area contributed by atoms with Crippen LogP contribution >= 0.6 is 11.6 Å². The molecule has 4 atom stereocenters. The predicted octanol–water partition coefficient (Wildman–Crippen LogP) is 1.86. The average molecular weight is 408 g/mol. The number of nitrogens with one attached hydrogen (secondary N) is 1. The van der Waals surface area contributed by atoms with E-state index in [9.17, 15) is 15.3 Å². The summed E-state index contributed by atoms with van der Waals surface area (Å²) in [6, 6.07) is 6.33. The largest absolute Gasteiger partial charge is 0.396 e. The molecule has 1 fully saturated rings. The lowest BCUT2D eigenvalue weighted by Crippen LogP contribution is -2.35. The zero-order chi connectivity index (χ0) is 20.3. The van der Waals surface area contributed by atoms with E-state index >= 15 is 0 Å². The highest BCUT2D eigenvalue weighted by molar-refractivity contribution is 6.32. The normalized spacial score (nSPS) is 24.8. The summed E-state index contributed by atoms with van der Waals surface area (Å²) in [5, 5.41) is 50.1. The van der Waals surface area contributed by atoms with Gasteiger partial charge in [0, 0.05) is 12.5 Å². The van der Waals surface area contributed by atoms with Gasteiger partial charge in [-0.2, -0.15) is 5.11 Å². The number of hydrogen-bond acceptors (Lipinski definition) is 9. The first-order valence-electron chi connectivity index (χ1n) is 8.82. The Balaban J connectivity index is 1.86. The summed E-state index contributed by atoms with van der Waals surface area (Å²) in [6.07, 6.45) is -1.74. The zero-order valence-corrected chi connectivity index (χ0v) is 16.0. The van der Waals surface area contributed by atoms with Crippen LogP contribution < -0.4 is 5.32 Å². The molecule has 0 amide bonds. The van der Waals surface area contributed by atoms with Crippen LogP contribution in [0, 0.1) is 12.8 Å². The van der Waals surface area contributed by atoms with Crippen LogP contribution in [-0.4, -0.2) is 55.3 Å². The number of rotatable bonds is 6. The highest BCUT2D eigenvalue weighted by Gasteiger charge is 2.41. The molecule has 28 heavy (non-hydrogen) atoms. The molecule has 1 aromatic heterocycles. The van der Waals surface area contributed by atoms with Gasteiger partial charge in [0.15, 0.2) is 16.7 Å². The van der Waals surface area contributed by atoms with Crippen LogP contribution in [-0.2, 0) is 6.61 Å². The second-order valence-electron chi connectivity index (χ2n) is 6.69. The Kier molecular flexibility index (Phi) is 6.53. The minimum atomic E-state index is -1.07. The molecular weight excluding hydrogens is 386 g/mol. The smallest absolute Gasteiger partial charge is 0.165 e. The summed E-state index contributed by atoms with van der Waals surface area (Å²) in [5.41, 5.74) is 1.51. The maximum atomic E-state index is 10.2. The lowest BCUT2D eigenvalue weighted by molar-refractivity contribution is 0.00446. The number of aromatic nitrogens is 2. The van der Waals surface area contributed by atoms with Crippen molar-refractivity contribution < 1.29 is 20.4 Å². The minimum Gasteiger partial charge on any atom is -0.396 e. The second kappa shape index (κ2) is 8.89. The predicted molar refractivity (Wildman–Crippen MR) is 103 cm³/mol. The molecule has 0 bridgehead atoms. The van der Waals surface area contributed by atoms with E-state index in [1.807, 2.05) is 0 Å². The molecule has 3 rings (SSSR count). The van der Waals surface area contributed by atoms with Gasteiger partial charge in [0.25, 0.3) is 0 Å². The van der Waals surface area contributed by atoms with Gasteiger partial charge in [-0.1, -0.05) is 23.7 Å². The van der Waals surface area contributed by atoms with Crippen LogP contribution in [0.5, 0.6) is 0 Å². The fourth-order valence-electron chi connectivity index (χ4n) is 3.12. The van der Waals surface area contributed by atoms with Gasteiger partial charge in [0.1, 0.15) is 11.9 Å². The third-order valence-corrected chi connectivity index (χ3v) is 4.96. The Bertz CT molecular complexity index is 849. The van der Waals surface area contributed by atoms with Gasteiger partial charge < -0.3 is 25.7 Å². The van der Waals surface area contributed by atoms with E-state index in [1.165, 1.54) is 0 Å². The molecule has 150 valence electrons. The number of aryl methyl sites for hydroxylation is 1. The third-order valence-electron chi connectivity index (χ3n) is 4.70. The van der Waals surface area contributed by atoms with E-state index in [1.54, 1.807) is 31.2 Å². The summed E-state index contributed by atoms with van der Waals surface area (Å²) >= 11 is 6.23. The average Bonchev–Trinajstić information content (AvgIpc) is 2.95. The van der Waals surface area contributed by atoms with Crippen molar-refractivity contribution in [1.82, 2.24) is 9.97 Å². The Morgan fingerprint density at radius 3 is 2.43 bits per heavy atom. The summed E-state index contributed by atoms with van der Waals surface area (Å²) in [5.74, 6) is 0.259. The topological polar surface area (TPSA) is 143 Å². The maximum Gasteiger partial charge on any atom is 0.165 e. The summed E-state index contributed by atoms with van der Waals surface area (Å²) < 4.78 is 0. The molecule has 0 radical (unpaired) electrons. The summed E-state index contributed by atoms with van der Waals surface area (Å²) in [6.45, 7) is 1.38. The van der Waals surface area contributed by atoms with Crippen LogP contribution in [0.15, 0.2) is 34.5 Å². The van der Waals surface area contributed by atoms with Crippen LogP contribution in [0.2, 0.25) is 5.15 Å². The molecule has 1 aliphatic rings. The number of aliphatic hydroxyl groups is 4. The molecule has 0 spiro atoms. The highest BCUT2D eigenvalue weighted by Crippen LogP contribution is 2.35. The van der Waals surface area contributed by atoms with Crippen LogP contribution in [0.1, 0.15) is 17.8 Å². The Hall–Kier alpha value is -2.17. The molecule has 1 heterocycles. The Labute approximate surface area is 166 Å². The van der Waals surface area contributed by atoms with Crippen LogP contribution in [0.25, 0.3) is 0 Å². The molecule has 0 saturated heterocycles. The van der Waals surface area contributed by atoms with Crippen molar-refractivity contribution in [3.05, 3.63) is 40.8 Å². The fourth-order valence-corrected chi connectivity index (χ4v) is 3.37.